The fourth-order valence-corrected chi connectivity index (χ4v) is 2.11. The number of carbonyl (C=O) groups excluding carboxylic acids is 1. The molecule has 0 aromatic rings. The normalized spacial score (nSPS) is 24.1. The Morgan fingerprint density at radius 3 is 3.00 bits per heavy atom. The van der Waals surface area contributed by atoms with Crippen LogP contribution in [-0.4, -0.2) is 47.7 Å². The Hall–Kier alpha value is -0.610. The summed E-state index contributed by atoms with van der Waals surface area (Å²) >= 11 is 0. The van der Waals surface area contributed by atoms with Crippen LogP contribution in [0.25, 0.3) is 0 Å². The van der Waals surface area contributed by atoms with Gasteiger partial charge in [-0.15, -0.1) is 0 Å². The Morgan fingerprint density at radius 1 is 1.67 bits per heavy atom. The number of likely N-dealkylation sites (tertiary alicyclic amines) is 1. The smallest absolute Gasteiger partial charge is 0.237 e. The first-order valence-electron chi connectivity index (χ1n) is 5.85. The van der Waals surface area contributed by atoms with Crippen LogP contribution in [0.4, 0.5) is 0 Å². The number of aliphatic hydroxyl groups excluding tert-OH is 1. The molecule has 0 aromatic carbocycles. The van der Waals surface area contributed by atoms with Gasteiger partial charge in [-0.1, -0.05) is 6.92 Å². The van der Waals surface area contributed by atoms with Crippen LogP contribution in [0.5, 0.6) is 0 Å². The first-order chi connectivity index (χ1) is 7.20. The van der Waals surface area contributed by atoms with E-state index in [0.29, 0.717) is 0 Å². The van der Waals surface area contributed by atoms with E-state index in [0.717, 1.165) is 32.4 Å². The van der Waals surface area contributed by atoms with E-state index >= 15 is 0 Å². The molecule has 4 nitrogen and oxygen atoms in total. The summed E-state index contributed by atoms with van der Waals surface area (Å²) < 4.78 is 0. The van der Waals surface area contributed by atoms with E-state index in [2.05, 4.69) is 10.2 Å². The summed E-state index contributed by atoms with van der Waals surface area (Å²) in [6.45, 7) is 5.77. The van der Waals surface area contributed by atoms with Gasteiger partial charge in [0.05, 0.1) is 12.6 Å². The minimum Gasteiger partial charge on any atom is -0.395 e. The summed E-state index contributed by atoms with van der Waals surface area (Å²) in [5.74, 6) is 0.0807. The molecule has 0 aromatic heterocycles. The predicted molar refractivity (Wildman–Crippen MR) is 59.6 cm³/mol. The molecule has 1 amide bonds. The summed E-state index contributed by atoms with van der Waals surface area (Å²) in [6.07, 6.45) is 3.04. The third-order valence-electron chi connectivity index (χ3n) is 3.06. The van der Waals surface area contributed by atoms with Crippen molar-refractivity contribution in [1.82, 2.24) is 10.2 Å². The first-order valence-corrected chi connectivity index (χ1v) is 5.85. The molecule has 88 valence electrons. The van der Waals surface area contributed by atoms with Gasteiger partial charge in [-0.2, -0.15) is 0 Å². The molecule has 0 saturated carbocycles. The van der Waals surface area contributed by atoms with Crippen LogP contribution in [0.3, 0.4) is 0 Å². The van der Waals surface area contributed by atoms with E-state index in [1.54, 1.807) is 0 Å². The fraction of sp³-hybridized carbons (Fsp3) is 0.909. The summed E-state index contributed by atoms with van der Waals surface area (Å²) in [5, 5.41) is 12.1. The van der Waals surface area contributed by atoms with Crippen molar-refractivity contribution in [2.45, 2.75) is 45.2 Å². The van der Waals surface area contributed by atoms with Crippen molar-refractivity contribution in [2.75, 3.05) is 19.7 Å². The van der Waals surface area contributed by atoms with Crippen molar-refractivity contribution >= 4 is 5.91 Å². The number of carbonyl (C=O) groups is 1. The maximum absolute atomic E-state index is 11.7. The largest absolute Gasteiger partial charge is 0.395 e. The Balaban J connectivity index is 2.44. The molecule has 1 fully saturated rings. The van der Waals surface area contributed by atoms with Gasteiger partial charge in [0.15, 0.2) is 0 Å². The number of rotatable bonds is 5. The maximum atomic E-state index is 11.7. The van der Waals surface area contributed by atoms with Crippen molar-refractivity contribution in [1.29, 1.82) is 0 Å². The quantitative estimate of drug-likeness (QED) is 0.694. The van der Waals surface area contributed by atoms with Crippen molar-refractivity contribution in [3.05, 3.63) is 0 Å². The highest BCUT2D eigenvalue weighted by Crippen LogP contribution is 2.19. The van der Waals surface area contributed by atoms with Crippen molar-refractivity contribution in [3.8, 4) is 0 Å². The Labute approximate surface area is 91.6 Å². The van der Waals surface area contributed by atoms with E-state index < -0.39 is 0 Å². The number of nitrogens with one attached hydrogen (secondary N) is 1. The van der Waals surface area contributed by atoms with Crippen LogP contribution in [0, 0.1) is 0 Å². The molecule has 1 aliphatic rings. The second-order valence-electron chi connectivity index (χ2n) is 4.18. The number of aliphatic hydroxyl groups is 1. The van der Waals surface area contributed by atoms with Crippen LogP contribution in [-0.2, 0) is 4.79 Å². The van der Waals surface area contributed by atoms with Crippen LogP contribution in [0.2, 0.25) is 0 Å². The summed E-state index contributed by atoms with van der Waals surface area (Å²) in [7, 11) is 0. The second kappa shape index (κ2) is 6.08. The van der Waals surface area contributed by atoms with Crippen molar-refractivity contribution < 1.29 is 9.90 Å². The summed E-state index contributed by atoms with van der Waals surface area (Å²) in [4.78, 5) is 13.8. The summed E-state index contributed by atoms with van der Waals surface area (Å²) in [5.41, 5.74) is 0. The van der Waals surface area contributed by atoms with Gasteiger partial charge in [0.2, 0.25) is 5.91 Å². The van der Waals surface area contributed by atoms with Gasteiger partial charge in [-0.3, -0.25) is 9.69 Å². The lowest BCUT2D eigenvalue weighted by atomic mass is 10.2. The predicted octanol–water partition coefficient (Wildman–Crippen LogP) is 0.358. The highest BCUT2D eigenvalue weighted by molar-refractivity contribution is 5.81. The molecule has 1 aliphatic heterocycles. The Bertz CT molecular complexity index is 209. The van der Waals surface area contributed by atoms with Crippen LogP contribution in [0.15, 0.2) is 0 Å². The fourth-order valence-electron chi connectivity index (χ4n) is 2.11. The Kier molecular flexibility index (Phi) is 5.05. The van der Waals surface area contributed by atoms with E-state index in [1.165, 1.54) is 0 Å². The third kappa shape index (κ3) is 3.18. The topological polar surface area (TPSA) is 52.6 Å². The monoisotopic (exact) mass is 214 g/mol. The average Bonchev–Trinajstić information content (AvgIpc) is 2.72. The molecule has 1 heterocycles. The van der Waals surface area contributed by atoms with Gasteiger partial charge in [0.25, 0.3) is 0 Å². The van der Waals surface area contributed by atoms with E-state index in [-0.39, 0.29) is 24.6 Å². The van der Waals surface area contributed by atoms with E-state index in [4.69, 9.17) is 5.11 Å². The molecular formula is C11H22N2O2. The Morgan fingerprint density at radius 2 is 2.40 bits per heavy atom. The van der Waals surface area contributed by atoms with Gasteiger partial charge >= 0.3 is 0 Å². The first kappa shape index (κ1) is 12.5. The number of hydrogen-bond acceptors (Lipinski definition) is 3. The molecule has 1 unspecified atom stereocenters. The lowest BCUT2D eigenvalue weighted by molar-refractivity contribution is -0.126. The van der Waals surface area contributed by atoms with Gasteiger partial charge in [0, 0.05) is 12.6 Å². The van der Waals surface area contributed by atoms with Crippen molar-refractivity contribution in [3.63, 3.8) is 0 Å². The average molecular weight is 214 g/mol. The molecule has 1 saturated heterocycles. The standard InChI is InChI=1S/C11H22N2O2/c1-3-6-12-11(15)9(2)13-7-4-5-10(13)8-14/h9-10,14H,3-8H2,1-2H3,(H,12,15)/t9?,10-/m1/s1. The van der Waals surface area contributed by atoms with Crippen LogP contribution < -0.4 is 5.32 Å². The van der Waals surface area contributed by atoms with Crippen molar-refractivity contribution in [2.24, 2.45) is 0 Å². The minimum absolute atomic E-state index is 0.0807. The molecular weight excluding hydrogens is 192 g/mol. The molecule has 0 radical (unpaired) electrons. The van der Waals surface area contributed by atoms with Gasteiger partial charge in [-0.25, -0.2) is 0 Å². The molecule has 2 atom stereocenters. The van der Waals surface area contributed by atoms with Crippen LogP contribution >= 0.6 is 0 Å². The number of amides is 1. The highest BCUT2D eigenvalue weighted by Gasteiger charge is 2.31. The summed E-state index contributed by atoms with van der Waals surface area (Å²) in [6, 6.07) is 0.0589. The maximum Gasteiger partial charge on any atom is 0.237 e. The molecule has 1 rings (SSSR count). The molecule has 2 N–H and O–H groups in total. The zero-order valence-electron chi connectivity index (χ0n) is 9.70. The highest BCUT2D eigenvalue weighted by atomic mass is 16.3. The van der Waals surface area contributed by atoms with Gasteiger partial charge < -0.3 is 10.4 Å². The lowest BCUT2D eigenvalue weighted by Gasteiger charge is -2.28. The van der Waals surface area contributed by atoms with E-state index in [9.17, 15) is 4.79 Å². The third-order valence-corrected chi connectivity index (χ3v) is 3.06. The number of nitrogens with zero attached hydrogens (tertiary/aromatic N) is 1. The second-order valence-corrected chi connectivity index (χ2v) is 4.18. The molecule has 0 spiro atoms. The molecule has 15 heavy (non-hydrogen) atoms. The minimum atomic E-state index is -0.115. The zero-order chi connectivity index (χ0) is 11.3. The van der Waals surface area contributed by atoms with Gasteiger partial charge in [-0.05, 0) is 32.7 Å². The molecule has 0 aliphatic carbocycles. The van der Waals surface area contributed by atoms with Crippen LogP contribution in [0.1, 0.15) is 33.1 Å². The lowest BCUT2D eigenvalue weighted by Crippen LogP contribution is -2.48. The molecule has 0 bridgehead atoms. The van der Waals surface area contributed by atoms with E-state index in [1.807, 2.05) is 13.8 Å². The zero-order valence-corrected chi connectivity index (χ0v) is 9.70. The number of hydrogen-bond donors (Lipinski definition) is 2. The molecule has 4 heteroatoms. The van der Waals surface area contributed by atoms with Gasteiger partial charge in [0.1, 0.15) is 0 Å². The SMILES string of the molecule is CCCNC(=O)C(C)N1CCC[C@@H]1CO.